The maximum absolute atomic E-state index is 15.2. The molecule has 4 aliphatic rings. The summed E-state index contributed by atoms with van der Waals surface area (Å²) in [6, 6.07) is 15.8. The summed E-state index contributed by atoms with van der Waals surface area (Å²) >= 11 is 6.36. The number of phenolic OH excluding ortho intramolecular Hbond substituents is 1. The SMILES string of the molecule is Cc1cc([C@H]2C3=CC[C@@H]4C(=O)N(CCCCCC(=O)O)C(=O)[C@@H]4[C@@H]3C[C@H]3C(=O)N(Nc4ccc(F)cc4)C(=O)[C@@]23c2ccc(Cl)cc2)cc(C)c1O. The van der Waals surface area contributed by atoms with Crippen LogP contribution in [-0.4, -0.2) is 56.3 Å². The number of rotatable bonds is 10. The molecule has 3 aromatic rings. The molecule has 2 saturated heterocycles. The molecule has 12 heteroatoms. The Morgan fingerprint density at radius 3 is 2.25 bits per heavy atom. The van der Waals surface area contributed by atoms with E-state index in [4.69, 9.17) is 16.7 Å². The molecule has 0 spiro atoms. The van der Waals surface area contributed by atoms with Gasteiger partial charge in [0.1, 0.15) is 11.6 Å². The number of fused-ring (bicyclic) bond motifs is 4. The number of allylic oxidation sites excluding steroid dienone is 2. The van der Waals surface area contributed by atoms with Gasteiger partial charge in [0.15, 0.2) is 0 Å². The first-order valence-electron chi connectivity index (χ1n) is 17.6. The Bertz CT molecular complexity index is 1990. The summed E-state index contributed by atoms with van der Waals surface area (Å²) in [5, 5.41) is 21.3. The van der Waals surface area contributed by atoms with Crippen LogP contribution in [-0.2, 0) is 29.4 Å². The van der Waals surface area contributed by atoms with Gasteiger partial charge in [0, 0.05) is 23.9 Å². The van der Waals surface area contributed by atoms with E-state index < -0.39 is 58.6 Å². The van der Waals surface area contributed by atoms with Crippen LogP contribution in [0.1, 0.15) is 66.7 Å². The van der Waals surface area contributed by atoms with Crippen molar-refractivity contribution in [3.63, 3.8) is 0 Å². The van der Waals surface area contributed by atoms with E-state index in [-0.39, 0.29) is 43.4 Å². The van der Waals surface area contributed by atoms with Crippen LogP contribution in [0.4, 0.5) is 10.1 Å². The van der Waals surface area contributed by atoms with Gasteiger partial charge in [0.25, 0.3) is 11.8 Å². The number of imide groups is 2. The van der Waals surface area contributed by atoms with Gasteiger partial charge in [-0.25, -0.2) is 4.39 Å². The minimum absolute atomic E-state index is 0.0106. The van der Waals surface area contributed by atoms with E-state index in [0.717, 1.165) is 10.6 Å². The number of aliphatic carboxylic acids is 1. The normalized spacial score (nSPS) is 26.6. The Hall–Kier alpha value is -5.03. The first kappa shape index (κ1) is 35.4. The molecule has 2 heterocycles. The number of likely N-dealkylation sites (tertiary alicyclic amines) is 1. The molecule has 7 rings (SSSR count). The second-order valence-corrected chi connectivity index (χ2v) is 14.8. The topological polar surface area (TPSA) is 144 Å². The second kappa shape index (κ2) is 13.5. The number of hydrazine groups is 1. The molecular formula is C40H39ClFN3O7. The van der Waals surface area contributed by atoms with Crippen molar-refractivity contribution >= 4 is 46.9 Å². The molecule has 3 aromatic carbocycles. The maximum atomic E-state index is 15.2. The molecule has 3 fully saturated rings. The molecule has 0 aromatic heterocycles. The van der Waals surface area contributed by atoms with Crippen LogP contribution in [0, 0.1) is 43.3 Å². The number of anilines is 1. The summed E-state index contributed by atoms with van der Waals surface area (Å²) in [5.74, 6) is -6.62. The fourth-order valence-electron chi connectivity index (χ4n) is 9.19. The number of hydrogen-bond acceptors (Lipinski definition) is 7. The highest BCUT2D eigenvalue weighted by Crippen LogP contribution is 2.64. The molecule has 1 saturated carbocycles. The Labute approximate surface area is 305 Å². The van der Waals surface area contributed by atoms with Crippen molar-refractivity contribution in [1.29, 1.82) is 0 Å². The van der Waals surface area contributed by atoms with E-state index in [9.17, 15) is 28.7 Å². The summed E-state index contributed by atoms with van der Waals surface area (Å²) in [5.41, 5.74) is 4.92. The van der Waals surface area contributed by atoms with E-state index in [2.05, 4.69) is 5.43 Å². The first-order chi connectivity index (χ1) is 24.8. The highest BCUT2D eigenvalue weighted by atomic mass is 35.5. The molecule has 0 bridgehead atoms. The largest absolute Gasteiger partial charge is 0.507 e. The monoisotopic (exact) mass is 727 g/mol. The number of benzene rings is 3. The Morgan fingerprint density at radius 2 is 1.60 bits per heavy atom. The second-order valence-electron chi connectivity index (χ2n) is 14.4. The minimum Gasteiger partial charge on any atom is -0.507 e. The first-order valence-corrected chi connectivity index (χ1v) is 18.0. The van der Waals surface area contributed by atoms with Gasteiger partial charge in [-0.3, -0.25) is 34.3 Å². The van der Waals surface area contributed by atoms with Gasteiger partial charge in [-0.15, -0.1) is 0 Å². The third kappa shape index (κ3) is 5.66. The lowest BCUT2D eigenvalue weighted by Gasteiger charge is -2.50. The quantitative estimate of drug-likeness (QED) is 0.123. The lowest BCUT2D eigenvalue weighted by molar-refractivity contribution is -0.141. The molecule has 4 amide bonds. The summed E-state index contributed by atoms with van der Waals surface area (Å²) in [6.07, 6.45) is 3.82. The van der Waals surface area contributed by atoms with Gasteiger partial charge >= 0.3 is 5.97 Å². The van der Waals surface area contributed by atoms with Crippen molar-refractivity contribution < 1.29 is 38.6 Å². The Morgan fingerprint density at radius 1 is 0.923 bits per heavy atom. The summed E-state index contributed by atoms with van der Waals surface area (Å²) in [7, 11) is 0. The number of carboxylic acids is 1. The zero-order valence-electron chi connectivity index (χ0n) is 28.8. The third-order valence-corrected chi connectivity index (χ3v) is 11.7. The standard InChI is InChI=1S/C40H39ClFN3O7/c1-21-18-23(19-22(2)35(21)48)34-28-15-16-29-33(38(51)44(36(29)49)17-5-3-4-6-32(46)47)30(28)20-31-37(50)45(43-27-13-11-26(42)12-14-27)39(52)40(31,34)24-7-9-25(41)10-8-24/h7-15,18-19,29-31,33-34,43,48H,3-6,16-17,20H2,1-2H3,(H,46,47)/t29-,30+,31-,33-,34-,40+/m0/s1. The van der Waals surface area contributed by atoms with Crippen LogP contribution in [0.25, 0.3) is 0 Å². The predicted molar refractivity (Wildman–Crippen MR) is 189 cm³/mol. The number of halogens is 2. The number of nitrogens with zero attached hydrogens (tertiary/aromatic N) is 2. The van der Waals surface area contributed by atoms with Gasteiger partial charge in [0.05, 0.1) is 28.9 Å². The zero-order valence-corrected chi connectivity index (χ0v) is 29.5. The van der Waals surface area contributed by atoms with Gasteiger partial charge in [-0.2, -0.15) is 5.01 Å². The molecule has 3 N–H and O–H groups in total. The highest BCUT2D eigenvalue weighted by Gasteiger charge is 2.70. The fraction of sp³-hybridized carbons (Fsp3) is 0.375. The summed E-state index contributed by atoms with van der Waals surface area (Å²) in [4.78, 5) is 70.3. The molecular weight excluding hydrogens is 689 g/mol. The number of nitrogens with one attached hydrogen (secondary N) is 1. The number of unbranched alkanes of at least 4 members (excludes halogenated alkanes) is 2. The molecule has 2 aliphatic carbocycles. The van der Waals surface area contributed by atoms with E-state index >= 15 is 4.79 Å². The zero-order chi connectivity index (χ0) is 37.1. The third-order valence-electron chi connectivity index (χ3n) is 11.5. The number of hydrogen-bond donors (Lipinski definition) is 3. The van der Waals surface area contributed by atoms with Crippen LogP contribution in [0.5, 0.6) is 5.75 Å². The molecule has 52 heavy (non-hydrogen) atoms. The predicted octanol–water partition coefficient (Wildman–Crippen LogP) is 6.43. The van der Waals surface area contributed by atoms with Crippen LogP contribution in [0.15, 0.2) is 72.3 Å². The van der Waals surface area contributed by atoms with Crippen LogP contribution >= 0.6 is 11.6 Å². The minimum atomic E-state index is -1.52. The van der Waals surface area contributed by atoms with E-state index in [0.29, 0.717) is 52.2 Å². The van der Waals surface area contributed by atoms with Gasteiger partial charge in [-0.1, -0.05) is 53.9 Å². The lowest BCUT2D eigenvalue weighted by Crippen LogP contribution is -2.53. The van der Waals surface area contributed by atoms with Crippen molar-refractivity contribution in [2.24, 2.45) is 23.7 Å². The van der Waals surface area contributed by atoms with Crippen molar-refractivity contribution in [2.45, 2.75) is 63.7 Å². The number of carboxylic acid groups (broad SMARTS) is 1. The van der Waals surface area contributed by atoms with E-state index in [1.165, 1.54) is 29.2 Å². The highest BCUT2D eigenvalue weighted by molar-refractivity contribution is 6.30. The number of aromatic hydroxyl groups is 1. The number of carbonyl (C=O) groups excluding carboxylic acids is 4. The summed E-state index contributed by atoms with van der Waals surface area (Å²) in [6.45, 7) is 3.71. The fourth-order valence-corrected chi connectivity index (χ4v) is 9.32. The average molecular weight is 728 g/mol. The molecule has 2 aliphatic heterocycles. The van der Waals surface area contributed by atoms with Crippen molar-refractivity contribution in [3.05, 3.63) is 105 Å². The van der Waals surface area contributed by atoms with E-state index in [1.54, 1.807) is 38.1 Å². The van der Waals surface area contributed by atoms with Crippen LogP contribution in [0.3, 0.4) is 0 Å². The molecule has 0 radical (unpaired) electrons. The van der Waals surface area contributed by atoms with Crippen molar-refractivity contribution in [2.75, 3.05) is 12.0 Å². The van der Waals surface area contributed by atoms with Gasteiger partial charge < -0.3 is 10.2 Å². The average Bonchev–Trinajstić information content (AvgIpc) is 3.48. The Kier molecular flexibility index (Phi) is 9.19. The maximum Gasteiger partial charge on any atom is 0.303 e. The van der Waals surface area contributed by atoms with Crippen LogP contribution < -0.4 is 5.43 Å². The van der Waals surface area contributed by atoms with Crippen molar-refractivity contribution in [3.8, 4) is 5.75 Å². The molecule has 6 atom stereocenters. The van der Waals surface area contributed by atoms with Crippen LogP contribution in [0.2, 0.25) is 5.02 Å². The number of aryl methyl sites for hydroxylation is 2. The molecule has 10 nitrogen and oxygen atoms in total. The van der Waals surface area contributed by atoms with E-state index in [1.807, 2.05) is 18.2 Å². The lowest BCUT2D eigenvalue weighted by atomic mass is 9.49. The molecule has 0 unspecified atom stereocenters. The molecule has 270 valence electrons. The number of amides is 4. The Balaban J connectivity index is 1.36. The van der Waals surface area contributed by atoms with Gasteiger partial charge in [-0.05, 0) is 104 Å². The number of phenols is 1. The number of carbonyl (C=O) groups is 5. The van der Waals surface area contributed by atoms with Gasteiger partial charge in [0.2, 0.25) is 11.8 Å². The smallest absolute Gasteiger partial charge is 0.303 e. The van der Waals surface area contributed by atoms with Crippen molar-refractivity contribution in [1.82, 2.24) is 9.91 Å². The summed E-state index contributed by atoms with van der Waals surface area (Å²) < 4.78 is 13.9.